The van der Waals surface area contributed by atoms with Gasteiger partial charge in [0, 0.05) is 0 Å². The van der Waals surface area contributed by atoms with Gasteiger partial charge < -0.3 is 0 Å². The molecule has 0 aliphatic heterocycles. The molecule has 1 rings (SSSR count). The lowest BCUT2D eigenvalue weighted by Gasteiger charge is -2.14. The maximum atomic E-state index is 12.7. The fourth-order valence-corrected chi connectivity index (χ4v) is 0.904. The summed E-state index contributed by atoms with van der Waals surface area (Å²) in [6.45, 7) is -2.43. The third kappa shape index (κ3) is 1.91. The molecule has 0 nitrogen and oxygen atoms in total. The van der Waals surface area contributed by atoms with Crippen molar-refractivity contribution in [3.8, 4) is 0 Å². The molecule has 0 unspecified atom stereocenters. The van der Waals surface area contributed by atoms with Crippen molar-refractivity contribution >= 4 is 0 Å². The Kier molecular flexibility index (Phi) is 2.92. The van der Waals surface area contributed by atoms with Gasteiger partial charge in [-0.2, -0.15) is 8.78 Å². The van der Waals surface area contributed by atoms with Gasteiger partial charge in [0.25, 0.3) is 0 Å². The zero-order chi connectivity index (χ0) is 11.8. The lowest BCUT2D eigenvalue weighted by molar-refractivity contribution is -0.0352. The highest BCUT2D eigenvalue weighted by molar-refractivity contribution is 5.25. The third-order valence-corrected chi connectivity index (χ3v) is 1.58. The van der Waals surface area contributed by atoms with Gasteiger partial charge in [0.2, 0.25) is 0 Å². The normalized spacial score (nSPS) is 11.9. The largest absolute Gasteiger partial charge is 0.306 e. The third-order valence-electron chi connectivity index (χ3n) is 1.58. The van der Waals surface area contributed by atoms with E-state index >= 15 is 0 Å². The summed E-state index contributed by atoms with van der Waals surface area (Å²) in [6, 6.07) is 0.893. The molecule has 1 aromatic rings. The number of benzene rings is 1. The average molecular weight is 231 g/mol. The first-order valence-corrected chi connectivity index (χ1v) is 3.50. The molecule has 1 aromatic carbocycles. The van der Waals surface area contributed by atoms with Gasteiger partial charge in [0.15, 0.2) is 24.1 Å². The van der Waals surface area contributed by atoms with E-state index in [9.17, 15) is 30.7 Å². The lowest BCUT2D eigenvalue weighted by Crippen LogP contribution is -2.21. The van der Waals surface area contributed by atoms with Crippen LogP contribution in [0.25, 0.3) is 0 Å². The van der Waals surface area contributed by atoms with Crippen molar-refractivity contribution in [1.82, 2.24) is 0 Å². The molecule has 0 aromatic heterocycles. The molecule has 0 N–H and O–H groups in total. The molecule has 0 heterocycles. The summed E-state index contributed by atoms with van der Waals surface area (Å²) in [5.74, 6) is -13.6. The lowest BCUT2D eigenvalue weighted by atomic mass is 10.1. The molecular weight excluding hydrogens is 229 g/mol. The van der Waals surface area contributed by atoms with Gasteiger partial charge >= 0.3 is 5.92 Å². The average Bonchev–Trinajstić information content (AvgIpc) is 2.14. The minimum atomic E-state index is -4.56. The van der Waals surface area contributed by atoms with E-state index in [2.05, 4.69) is 0 Å². The van der Waals surface area contributed by atoms with Crippen LogP contribution in [0.2, 0.25) is 0 Å². The van der Waals surface area contributed by atoms with E-state index in [1.54, 1.807) is 0 Å². The summed E-state index contributed by atoms with van der Waals surface area (Å²) in [5, 5.41) is 0. The van der Waals surface area contributed by atoms with Crippen molar-refractivity contribution < 1.29 is 30.7 Å². The van der Waals surface area contributed by atoms with Gasteiger partial charge in [-0.1, -0.05) is 0 Å². The van der Waals surface area contributed by atoms with Crippen molar-refractivity contribution in [1.29, 1.82) is 0 Å². The molecule has 7 heteroatoms. The fraction of sp³-hybridized carbons (Fsp3) is 0.250. The predicted molar refractivity (Wildman–Crippen MR) is 35.0 cm³/mol. The molecule has 0 atom stereocenters. The molecule has 0 spiro atoms. The Bertz CT molecular complexity index is 385. The first-order valence-electron chi connectivity index (χ1n) is 3.50. The van der Waals surface area contributed by atoms with E-state index in [0.717, 1.165) is 6.07 Å². The number of hydrogen-bond donors (Lipinski definition) is 0. The standard InChI is InChI=1S/C8H2F7/c9-2-8(14,15)5-3(10)1-4(11)6(12)7(5)13/h2H2. The quantitative estimate of drug-likeness (QED) is 0.416. The second-order valence-corrected chi connectivity index (χ2v) is 2.59. The van der Waals surface area contributed by atoms with Crippen LogP contribution in [0.4, 0.5) is 30.7 Å². The summed E-state index contributed by atoms with van der Waals surface area (Å²) in [5.41, 5.74) is -2.16. The van der Waals surface area contributed by atoms with E-state index in [1.165, 1.54) is 0 Å². The van der Waals surface area contributed by atoms with E-state index in [4.69, 9.17) is 0 Å². The first kappa shape index (κ1) is 11.8. The molecular formula is C8H2F7. The maximum Gasteiger partial charge on any atom is 0.306 e. The Labute approximate surface area is 79.3 Å². The van der Waals surface area contributed by atoms with Crippen LogP contribution < -0.4 is 0 Å². The second kappa shape index (κ2) is 3.71. The Morgan fingerprint density at radius 1 is 0.933 bits per heavy atom. The fourth-order valence-electron chi connectivity index (χ4n) is 0.904. The Balaban J connectivity index is 3.49. The first-order chi connectivity index (χ1) is 6.81. The van der Waals surface area contributed by atoms with Crippen LogP contribution in [0.3, 0.4) is 0 Å². The summed E-state index contributed by atoms with van der Waals surface area (Å²) < 4.78 is 86.9. The molecule has 1 radical (unpaired) electrons. The van der Waals surface area contributed by atoms with E-state index < -0.39 is 41.4 Å². The molecule has 0 aliphatic rings. The molecule has 15 heavy (non-hydrogen) atoms. The van der Waals surface area contributed by atoms with Crippen LogP contribution in [0.5, 0.6) is 0 Å². The van der Waals surface area contributed by atoms with Crippen molar-refractivity contribution in [2.45, 2.75) is 5.92 Å². The summed E-state index contributed by atoms with van der Waals surface area (Å²) in [7, 11) is 0. The zero-order valence-electron chi connectivity index (χ0n) is 6.85. The molecule has 0 amide bonds. The minimum Gasteiger partial charge on any atom is -0.244 e. The van der Waals surface area contributed by atoms with Gasteiger partial charge in [-0.25, -0.2) is 22.0 Å². The monoisotopic (exact) mass is 231 g/mol. The molecule has 0 bridgehead atoms. The van der Waals surface area contributed by atoms with E-state index in [-0.39, 0.29) is 0 Å². The van der Waals surface area contributed by atoms with Crippen molar-refractivity contribution in [3.63, 3.8) is 0 Å². The van der Waals surface area contributed by atoms with Crippen LogP contribution in [0.15, 0.2) is 0 Å². The highest BCUT2D eigenvalue weighted by Crippen LogP contribution is 2.34. The number of alkyl halides is 3. The van der Waals surface area contributed by atoms with E-state index in [0.29, 0.717) is 0 Å². The van der Waals surface area contributed by atoms with Crippen molar-refractivity contribution in [3.05, 3.63) is 34.9 Å². The molecule has 83 valence electrons. The topological polar surface area (TPSA) is 0 Å². The predicted octanol–water partition coefficient (Wildman–Crippen LogP) is 3.10. The highest BCUT2D eigenvalue weighted by atomic mass is 19.3. The van der Waals surface area contributed by atoms with Crippen LogP contribution in [-0.2, 0) is 5.92 Å². The van der Waals surface area contributed by atoms with Gasteiger partial charge in [-0.15, -0.1) is 0 Å². The number of hydrogen-bond acceptors (Lipinski definition) is 0. The SMILES string of the molecule is FCC(F)(F)c1c(F)[c]c(F)c(F)c1F. The summed E-state index contributed by atoms with van der Waals surface area (Å²) in [4.78, 5) is 0. The smallest absolute Gasteiger partial charge is 0.244 e. The highest BCUT2D eigenvalue weighted by Gasteiger charge is 2.40. The van der Waals surface area contributed by atoms with Gasteiger partial charge in [0.1, 0.15) is 5.82 Å². The number of halogens is 7. The molecule has 0 fully saturated rings. The second-order valence-electron chi connectivity index (χ2n) is 2.59. The van der Waals surface area contributed by atoms with Crippen molar-refractivity contribution in [2.24, 2.45) is 0 Å². The Morgan fingerprint density at radius 2 is 1.47 bits per heavy atom. The maximum absolute atomic E-state index is 12.7. The molecule has 0 aliphatic carbocycles. The summed E-state index contributed by atoms with van der Waals surface area (Å²) >= 11 is 0. The van der Waals surface area contributed by atoms with Gasteiger partial charge in [-0.05, 0) is 0 Å². The Hall–Kier alpha value is -1.27. The number of rotatable bonds is 2. The summed E-state index contributed by atoms with van der Waals surface area (Å²) in [6.07, 6.45) is 0. The van der Waals surface area contributed by atoms with Crippen LogP contribution in [0, 0.1) is 29.3 Å². The molecule has 0 saturated carbocycles. The van der Waals surface area contributed by atoms with E-state index in [1.807, 2.05) is 0 Å². The van der Waals surface area contributed by atoms with Gasteiger partial charge in [-0.3, -0.25) is 0 Å². The van der Waals surface area contributed by atoms with Crippen molar-refractivity contribution in [2.75, 3.05) is 6.67 Å². The van der Waals surface area contributed by atoms with Gasteiger partial charge in [0.05, 0.1) is 11.6 Å². The zero-order valence-corrected chi connectivity index (χ0v) is 6.85. The Morgan fingerprint density at radius 3 is 1.93 bits per heavy atom. The van der Waals surface area contributed by atoms with Crippen LogP contribution >= 0.6 is 0 Å². The minimum absolute atomic E-state index is 0.893. The van der Waals surface area contributed by atoms with Crippen LogP contribution in [-0.4, -0.2) is 6.67 Å². The van der Waals surface area contributed by atoms with Crippen LogP contribution in [0.1, 0.15) is 5.56 Å². The molecule has 0 saturated heterocycles.